The van der Waals surface area contributed by atoms with E-state index in [0.717, 1.165) is 5.76 Å². The molecule has 0 unspecified atom stereocenters. The molecule has 2 aromatic rings. The van der Waals surface area contributed by atoms with Gasteiger partial charge in [-0.15, -0.1) is 0 Å². The SMILES string of the molecule is Cc1ccc(CN(C)C(=O)c2ccc(S(=O)(=O)NC(C)(C)C)cc2)o1. The van der Waals surface area contributed by atoms with E-state index in [1.54, 1.807) is 27.8 Å². The fourth-order valence-corrected chi connectivity index (χ4v) is 3.75. The van der Waals surface area contributed by atoms with Crippen molar-refractivity contribution in [2.75, 3.05) is 7.05 Å². The molecule has 0 radical (unpaired) electrons. The highest BCUT2D eigenvalue weighted by Gasteiger charge is 2.22. The average molecular weight is 364 g/mol. The molecule has 0 fully saturated rings. The summed E-state index contributed by atoms with van der Waals surface area (Å²) in [7, 11) is -1.94. The molecule has 25 heavy (non-hydrogen) atoms. The number of carbonyl (C=O) groups excluding carboxylic acids is 1. The maximum absolute atomic E-state index is 12.5. The van der Waals surface area contributed by atoms with Crippen molar-refractivity contribution in [2.45, 2.75) is 44.7 Å². The summed E-state index contributed by atoms with van der Waals surface area (Å²) in [6, 6.07) is 9.58. The minimum atomic E-state index is -3.62. The number of hydrogen-bond donors (Lipinski definition) is 1. The van der Waals surface area contributed by atoms with Crippen LogP contribution in [0.1, 0.15) is 42.6 Å². The van der Waals surface area contributed by atoms with E-state index in [0.29, 0.717) is 17.9 Å². The second kappa shape index (κ2) is 7.01. The van der Waals surface area contributed by atoms with Gasteiger partial charge in [-0.1, -0.05) is 0 Å². The Labute approximate surface area is 148 Å². The molecule has 0 aliphatic heterocycles. The van der Waals surface area contributed by atoms with E-state index in [2.05, 4.69) is 4.72 Å². The highest BCUT2D eigenvalue weighted by molar-refractivity contribution is 7.89. The van der Waals surface area contributed by atoms with Gasteiger partial charge in [-0.2, -0.15) is 0 Å². The first-order valence-corrected chi connectivity index (χ1v) is 9.41. The molecule has 1 aromatic carbocycles. The molecule has 7 heteroatoms. The molecule has 6 nitrogen and oxygen atoms in total. The van der Waals surface area contributed by atoms with Crippen LogP contribution in [0.5, 0.6) is 0 Å². The monoisotopic (exact) mass is 364 g/mol. The molecular weight excluding hydrogens is 340 g/mol. The molecule has 1 N–H and O–H groups in total. The van der Waals surface area contributed by atoms with Crippen molar-refractivity contribution in [3.8, 4) is 0 Å². The van der Waals surface area contributed by atoms with Gasteiger partial charge >= 0.3 is 0 Å². The molecule has 136 valence electrons. The van der Waals surface area contributed by atoms with E-state index in [-0.39, 0.29) is 10.8 Å². The van der Waals surface area contributed by atoms with Gasteiger partial charge in [0.25, 0.3) is 5.91 Å². The van der Waals surface area contributed by atoms with Crippen molar-refractivity contribution >= 4 is 15.9 Å². The van der Waals surface area contributed by atoms with E-state index in [4.69, 9.17) is 4.42 Å². The average Bonchev–Trinajstić information content (AvgIpc) is 2.89. The van der Waals surface area contributed by atoms with Crippen LogP contribution in [-0.4, -0.2) is 31.8 Å². The Morgan fingerprint density at radius 1 is 1.12 bits per heavy atom. The zero-order chi connectivity index (χ0) is 18.8. The number of hydrogen-bond acceptors (Lipinski definition) is 4. The predicted octanol–water partition coefficient (Wildman–Crippen LogP) is 2.94. The molecule has 0 bridgehead atoms. The summed E-state index contributed by atoms with van der Waals surface area (Å²) >= 11 is 0. The third kappa shape index (κ3) is 5.17. The predicted molar refractivity (Wildman–Crippen MR) is 95.8 cm³/mol. The van der Waals surface area contributed by atoms with Crippen LogP contribution in [0.4, 0.5) is 0 Å². The zero-order valence-corrected chi connectivity index (χ0v) is 16.0. The van der Waals surface area contributed by atoms with Crippen molar-refractivity contribution < 1.29 is 17.6 Å². The quantitative estimate of drug-likeness (QED) is 0.885. The Kier molecular flexibility index (Phi) is 5.39. The van der Waals surface area contributed by atoms with Crippen LogP contribution in [0.2, 0.25) is 0 Å². The molecule has 0 aliphatic rings. The molecular formula is C18H24N2O4S. The third-order valence-corrected chi connectivity index (χ3v) is 5.16. The fraction of sp³-hybridized carbons (Fsp3) is 0.389. The second-order valence-electron chi connectivity index (χ2n) is 7.05. The molecule has 0 saturated heterocycles. The van der Waals surface area contributed by atoms with Crippen LogP contribution >= 0.6 is 0 Å². The molecule has 2 rings (SSSR count). The van der Waals surface area contributed by atoms with Crippen molar-refractivity contribution in [3.63, 3.8) is 0 Å². The van der Waals surface area contributed by atoms with Crippen LogP contribution in [0.3, 0.4) is 0 Å². The Morgan fingerprint density at radius 2 is 1.72 bits per heavy atom. The number of benzene rings is 1. The molecule has 0 atom stereocenters. The lowest BCUT2D eigenvalue weighted by atomic mass is 10.1. The minimum Gasteiger partial charge on any atom is -0.464 e. The summed E-state index contributed by atoms with van der Waals surface area (Å²) < 4.78 is 32.6. The van der Waals surface area contributed by atoms with Crippen LogP contribution in [0.25, 0.3) is 0 Å². The molecule has 0 aliphatic carbocycles. The first-order valence-electron chi connectivity index (χ1n) is 7.93. The van der Waals surface area contributed by atoms with Crippen LogP contribution < -0.4 is 4.72 Å². The van der Waals surface area contributed by atoms with E-state index < -0.39 is 15.6 Å². The lowest BCUT2D eigenvalue weighted by molar-refractivity contribution is 0.0775. The number of aryl methyl sites for hydroxylation is 1. The fourth-order valence-electron chi connectivity index (χ4n) is 2.33. The highest BCUT2D eigenvalue weighted by atomic mass is 32.2. The molecule has 1 heterocycles. The standard InChI is InChI=1S/C18H24N2O4S/c1-13-6-9-15(24-13)12-20(5)17(21)14-7-10-16(11-8-14)25(22,23)19-18(2,3)4/h6-11,19H,12H2,1-5H3. The Morgan fingerprint density at radius 3 is 2.20 bits per heavy atom. The molecule has 0 spiro atoms. The second-order valence-corrected chi connectivity index (χ2v) is 8.74. The van der Waals surface area contributed by atoms with E-state index >= 15 is 0 Å². The van der Waals surface area contributed by atoms with Crippen molar-refractivity contribution in [3.05, 3.63) is 53.5 Å². The summed E-state index contributed by atoms with van der Waals surface area (Å²) in [5.41, 5.74) is -0.158. The van der Waals surface area contributed by atoms with E-state index in [9.17, 15) is 13.2 Å². The summed E-state index contributed by atoms with van der Waals surface area (Å²) in [5.74, 6) is 1.28. The van der Waals surface area contributed by atoms with Crippen molar-refractivity contribution in [2.24, 2.45) is 0 Å². The van der Waals surface area contributed by atoms with Gasteiger partial charge in [-0.05, 0) is 64.1 Å². The number of nitrogens with one attached hydrogen (secondary N) is 1. The van der Waals surface area contributed by atoms with Gasteiger partial charge < -0.3 is 9.32 Å². The van der Waals surface area contributed by atoms with Gasteiger partial charge in [0, 0.05) is 18.2 Å². The van der Waals surface area contributed by atoms with Gasteiger partial charge in [0.05, 0.1) is 11.4 Å². The maximum Gasteiger partial charge on any atom is 0.254 e. The summed E-state index contributed by atoms with van der Waals surface area (Å²) in [6.45, 7) is 7.50. The van der Waals surface area contributed by atoms with Crippen molar-refractivity contribution in [1.29, 1.82) is 0 Å². The summed E-state index contributed by atoms with van der Waals surface area (Å²) in [5, 5.41) is 0. The zero-order valence-electron chi connectivity index (χ0n) is 15.2. The minimum absolute atomic E-state index is 0.128. The normalized spacial score (nSPS) is 12.2. The number of rotatable bonds is 5. The molecule has 0 saturated carbocycles. The largest absolute Gasteiger partial charge is 0.464 e. The van der Waals surface area contributed by atoms with Crippen LogP contribution in [0, 0.1) is 6.92 Å². The topological polar surface area (TPSA) is 79.6 Å². The van der Waals surface area contributed by atoms with Gasteiger partial charge in [0.15, 0.2) is 0 Å². The number of sulfonamides is 1. The van der Waals surface area contributed by atoms with E-state index in [1.165, 1.54) is 29.2 Å². The summed E-state index contributed by atoms with van der Waals surface area (Å²) in [4.78, 5) is 14.1. The Bertz CT molecular complexity index is 846. The summed E-state index contributed by atoms with van der Waals surface area (Å²) in [6.07, 6.45) is 0. The lowest BCUT2D eigenvalue weighted by Gasteiger charge is -2.20. The number of furan rings is 1. The van der Waals surface area contributed by atoms with Gasteiger partial charge in [-0.25, -0.2) is 13.1 Å². The van der Waals surface area contributed by atoms with Gasteiger partial charge in [0.2, 0.25) is 10.0 Å². The van der Waals surface area contributed by atoms with Crippen LogP contribution in [-0.2, 0) is 16.6 Å². The lowest BCUT2D eigenvalue weighted by Crippen LogP contribution is -2.40. The maximum atomic E-state index is 12.5. The molecule has 1 amide bonds. The highest BCUT2D eigenvalue weighted by Crippen LogP contribution is 2.16. The Hall–Kier alpha value is -2.12. The number of amides is 1. The van der Waals surface area contributed by atoms with E-state index in [1.807, 2.05) is 19.1 Å². The first kappa shape index (κ1) is 19.2. The smallest absolute Gasteiger partial charge is 0.254 e. The number of nitrogens with zero attached hydrogens (tertiary/aromatic N) is 1. The number of carbonyl (C=O) groups is 1. The van der Waals surface area contributed by atoms with Gasteiger partial charge in [0.1, 0.15) is 11.5 Å². The van der Waals surface area contributed by atoms with Crippen molar-refractivity contribution in [1.82, 2.24) is 9.62 Å². The van der Waals surface area contributed by atoms with Crippen LogP contribution in [0.15, 0.2) is 45.7 Å². The van der Waals surface area contributed by atoms with Gasteiger partial charge in [-0.3, -0.25) is 4.79 Å². The third-order valence-electron chi connectivity index (χ3n) is 3.39. The first-order chi connectivity index (χ1) is 11.5. The molecule has 1 aromatic heterocycles. The Balaban J connectivity index is 2.12.